The average molecular weight is 310 g/mol. The van der Waals surface area contributed by atoms with E-state index in [-0.39, 0.29) is 11.4 Å². The first kappa shape index (κ1) is 15.7. The Morgan fingerprint density at radius 1 is 1.17 bits per heavy atom. The molecular weight excluding hydrogens is 286 g/mol. The molecular formula is C20H24NO2+. The van der Waals surface area contributed by atoms with Crippen molar-refractivity contribution in [3.05, 3.63) is 42.0 Å². The summed E-state index contributed by atoms with van der Waals surface area (Å²) in [6.07, 6.45) is 0.833. The Hall–Kier alpha value is -2.16. The fourth-order valence-electron chi connectivity index (χ4n) is 3.57. The minimum atomic E-state index is -0.209. The minimum absolute atomic E-state index is 0.0115. The molecule has 0 saturated heterocycles. The standard InChI is InChI=1S/C20H24NO2/c1-14-20(3,4)19-17-9-6-5-8-16(17)10-11-18(19)21(14)12-7-13-23-15(2)22/h5-6,8-11H,7,12-13H2,1-4H3/q+1. The van der Waals surface area contributed by atoms with Gasteiger partial charge in [0.2, 0.25) is 5.69 Å². The summed E-state index contributed by atoms with van der Waals surface area (Å²) in [5.74, 6) is -0.209. The van der Waals surface area contributed by atoms with E-state index in [0.717, 1.165) is 13.0 Å². The lowest BCUT2D eigenvalue weighted by atomic mass is 9.80. The highest BCUT2D eigenvalue weighted by Gasteiger charge is 2.43. The van der Waals surface area contributed by atoms with Crippen LogP contribution >= 0.6 is 0 Å². The first-order chi connectivity index (χ1) is 10.9. The predicted molar refractivity (Wildman–Crippen MR) is 93.7 cm³/mol. The molecule has 0 fully saturated rings. The molecule has 2 aromatic carbocycles. The maximum absolute atomic E-state index is 10.9. The van der Waals surface area contributed by atoms with Gasteiger partial charge in [0.05, 0.1) is 12.0 Å². The van der Waals surface area contributed by atoms with Crippen molar-refractivity contribution in [1.82, 2.24) is 0 Å². The van der Waals surface area contributed by atoms with Crippen molar-refractivity contribution in [2.75, 3.05) is 13.2 Å². The van der Waals surface area contributed by atoms with E-state index in [1.165, 1.54) is 34.7 Å². The third kappa shape index (κ3) is 2.65. The van der Waals surface area contributed by atoms with Crippen molar-refractivity contribution in [2.45, 2.75) is 39.5 Å². The Balaban J connectivity index is 1.98. The van der Waals surface area contributed by atoms with Gasteiger partial charge in [-0.05, 0) is 30.7 Å². The Bertz CT molecular complexity index is 802. The molecule has 0 radical (unpaired) electrons. The molecule has 1 aliphatic heterocycles. The highest BCUT2D eigenvalue weighted by atomic mass is 16.5. The Kier molecular flexibility index (Phi) is 3.97. The summed E-state index contributed by atoms with van der Waals surface area (Å²) < 4.78 is 7.45. The van der Waals surface area contributed by atoms with Gasteiger partial charge in [0, 0.05) is 31.9 Å². The van der Waals surface area contributed by atoms with Gasteiger partial charge in [0.25, 0.3) is 0 Å². The van der Waals surface area contributed by atoms with Gasteiger partial charge in [-0.25, -0.2) is 0 Å². The first-order valence-electron chi connectivity index (χ1n) is 8.20. The molecule has 120 valence electrons. The van der Waals surface area contributed by atoms with Crippen LogP contribution in [0.1, 0.15) is 39.7 Å². The number of carbonyl (C=O) groups is 1. The molecule has 0 unspecified atom stereocenters. The van der Waals surface area contributed by atoms with Gasteiger partial charge in [-0.15, -0.1) is 0 Å². The number of hydrogen-bond donors (Lipinski definition) is 0. The number of fused-ring (bicyclic) bond motifs is 3. The van der Waals surface area contributed by atoms with Crippen LogP contribution in [0.15, 0.2) is 36.4 Å². The normalized spacial score (nSPS) is 15.8. The Morgan fingerprint density at radius 2 is 1.91 bits per heavy atom. The van der Waals surface area contributed by atoms with Gasteiger partial charge in [-0.3, -0.25) is 4.79 Å². The molecule has 0 atom stereocenters. The van der Waals surface area contributed by atoms with E-state index in [0.29, 0.717) is 6.61 Å². The first-order valence-corrected chi connectivity index (χ1v) is 8.20. The van der Waals surface area contributed by atoms with Crippen molar-refractivity contribution >= 4 is 28.1 Å². The highest BCUT2D eigenvalue weighted by Crippen LogP contribution is 2.43. The van der Waals surface area contributed by atoms with E-state index in [4.69, 9.17) is 4.74 Å². The summed E-state index contributed by atoms with van der Waals surface area (Å²) in [7, 11) is 0. The predicted octanol–water partition coefficient (Wildman–Crippen LogP) is 4.19. The molecule has 1 aliphatic rings. The summed E-state index contributed by atoms with van der Waals surface area (Å²) in [6.45, 7) is 9.59. The topological polar surface area (TPSA) is 29.3 Å². The number of rotatable bonds is 4. The second-order valence-corrected chi connectivity index (χ2v) is 6.74. The quantitative estimate of drug-likeness (QED) is 0.481. The van der Waals surface area contributed by atoms with Crippen LogP contribution in [0, 0.1) is 0 Å². The van der Waals surface area contributed by atoms with Crippen LogP contribution in [0.25, 0.3) is 10.8 Å². The number of ether oxygens (including phenoxy) is 1. The third-order valence-electron chi connectivity index (χ3n) is 4.96. The van der Waals surface area contributed by atoms with Crippen LogP contribution in [0.4, 0.5) is 5.69 Å². The molecule has 3 heteroatoms. The Morgan fingerprint density at radius 3 is 2.65 bits per heavy atom. The summed E-state index contributed by atoms with van der Waals surface area (Å²) in [4.78, 5) is 10.9. The summed E-state index contributed by atoms with van der Waals surface area (Å²) >= 11 is 0. The van der Waals surface area contributed by atoms with Crippen molar-refractivity contribution in [3.8, 4) is 0 Å². The van der Waals surface area contributed by atoms with Crippen molar-refractivity contribution in [3.63, 3.8) is 0 Å². The van der Waals surface area contributed by atoms with E-state index in [1.807, 2.05) is 0 Å². The van der Waals surface area contributed by atoms with E-state index in [1.54, 1.807) is 0 Å². The largest absolute Gasteiger partial charge is 0.466 e. The van der Waals surface area contributed by atoms with Gasteiger partial charge in [0.15, 0.2) is 12.3 Å². The second-order valence-electron chi connectivity index (χ2n) is 6.74. The van der Waals surface area contributed by atoms with E-state index in [9.17, 15) is 4.79 Å². The lowest BCUT2D eigenvalue weighted by Gasteiger charge is -2.17. The van der Waals surface area contributed by atoms with E-state index < -0.39 is 0 Å². The fraction of sp³-hybridized carbons (Fsp3) is 0.400. The highest BCUT2D eigenvalue weighted by molar-refractivity contribution is 6.01. The molecule has 3 rings (SSSR count). The minimum Gasteiger partial charge on any atom is -0.466 e. The average Bonchev–Trinajstić information content (AvgIpc) is 2.71. The maximum Gasteiger partial charge on any atom is 0.302 e. The molecule has 0 bridgehead atoms. The Labute approximate surface area is 137 Å². The molecule has 3 nitrogen and oxygen atoms in total. The van der Waals surface area contributed by atoms with Gasteiger partial charge in [-0.1, -0.05) is 24.3 Å². The van der Waals surface area contributed by atoms with E-state index in [2.05, 4.69) is 61.7 Å². The SMILES string of the molecule is CC(=O)OCCC[N+]1=C(C)C(C)(C)c2c1ccc1ccccc21. The van der Waals surface area contributed by atoms with Crippen LogP contribution < -0.4 is 0 Å². The smallest absolute Gasteiger partial charge is 0.302 e. The van der Waals surface area contributed by atoms with Gasteiger partial charge in [-0.2, -0.15) is 4.58 Å². The van der Waals surface area contributed by atoms with Crippen LogP contribution in [0.2, 0.25) is 0 Å². The zero-order valence-corrected chi connectivity index (χ0v) is 14.3. The number of benzene rings is 2. The molecule has 0 spiro atoms. The lowest BCUT2D eigenvalue weighted by Crippen LogP contribution is -2.27. The summed E-state index contributed by atoms with van der Waals surface area (Å²) in [5, 5.41) is 2.62. The number of nitrogens with zero attached hydrogens (tertiary/aromatic N) is 1. The molecule has 23 heavy (non-hydrogen) atoms. The molecule has 0 saturated carbocycles. The number of carbonyl (C=O) groups excluding carboxylic acids is 1. The zero-order chi connectivity index (χ0) is 16.6. The molecule has 2 aromatic rings. The van der Waals surface area contributed by atoms with Gasteiger partial charge < -0.3 is 4.74 Å². The van der Waals surface area contributed by atoms with Crippen LogP contribution in [0.5, 0.6) is 0 Å². The fourth-order valence-corrected chi connectivity index (χ4v) is 3.57. The van der Waals surface area contributed by atoms with Gasteiger partial charge >= 0.3 is 5.97 Å². The number of esters is 1. The molecule has 1 heterocycles. The van der Waals surface area contributed by atoms with E-state index >= 15 is 0 Å². The third-order valence-corrected chi connectivity index (χ3v) is 4.96. The summed E-state index contributed by atoms with van der Waals surface area (Å²) in [5.41, 5.74) is 4.05. The van der Waals surface area contributed by atoms with Crippen molar-refractivity contribution in [2.24, 2.45) is 0 Å². The molecule has 0 N–H and O–H groups in total. The van der Waals surface area contributed by atoms with Crippen molar-refractivity contribution < 1.29 is 14.1 Å². The maximum atomic E-state index is 10.9. The summed E-state index contributed by atoms with van der Waals surface area (Å²) in [6, 6.07) is 13.0. The van der Waals surface area contributed by atoms with Crippen molar-refractivity contribution in [1.29, 1.82) is 0 Å². The van der Waals surface area contributed by atoms with Crippen LogP contribution in [-0.4, -0.2) is 29.4 Å². The zero-order valence-electron chi connectivity index (χ0n) is 14.3. The van der Waals surface area contributed by atoms with Crippen LogP contribution in [-0.2, 0) is 14.9 Å². The van der Waals surface area contributed by atoms with Gasteiger partial charge in [0.1, 0.15) is 0 Å². The molecule has 0 amide bonds. The molecule has 0 aliphatic carbocycles. The molecule has 0 aromatic heterocycles. The monoisotopic (exact) mass is 310 g/mol. The lowest BCUT2D eigenvalue weighted by molar-refractivity contribution is -0.440. The number of hydrogen-bond acceptors (Lipinski definition) is 2. The second kappa shape index (κ2) is 5.80. The van der Waals surface area contributed by atoms with Crippen LogP contribution in [0.3, 0.4) is 0 Å².